The molecule has 46 heavy (non-hydrogen) atoms. The Morgan fingerprint density at radius 3 is 2.54 bits per heavy atom. The van der Waals surface area contributed by atoms with Crippen molar-refractivity contribution in [2.45, 2.75) is 44.3 Å². The summed E-state index contributed by atoms with van der Waals surface area (Å²) in [6, 6.07) is 13.3. The van der Waals surface area contributed by atoms with E-state index in [1.54, 1.807) is 19.2 Å². The lowest BCUT2D eigenvalue weighted by Crippen LogP contribution is -2.41. The van der Waals surface area contributed by atoms with Gasteiger partial charge in [-0.2, -0.15) is 0 Å². The van der Waals surface area contributed by atoms with Gasteiger partial charge in [-0.1, -0.05) is 12.1 Å². The van der Waals surface area contributed by atoms with Crippen LogP contribution in [0, 0.1) is 23.5 Å². The molecule has 5 aromatic rings. The molecule has 1 aliphatic heterocycles. The molecule has 3 atom stereocenters. The van der Waals surface area contributed by atoms with Crippen LogP contribution in [-0.4, -0.2) is 61.7 Å². The number of ether oxygens (including phenoxy) is 1. The fourth-order valence-corrected chi connectivity index (χ4v) is 7.60. The van der Waals surface area contributed by atoms with Crippen molar-refractivity contribution in [2.24, 2.45) is 24.6 Å². The third kappa shape index (κ3) is 4.32. The number of halogens is 2. The number of hydrogen-bond acceptors (Lipinski definition) is 5. The minimum absolute atomic E-state index is 0.0123. The van der Waals surface area contributed by atoms with E-state index in [2.05, 4.69) is 4.57 Å². The Balaban J connectivity index is 1.25. The van der Waals surface area contributed by atoms with Gasteiger partial charge in [-0.3, -0.25) is 4.79 Å². The highest BCUT2D eigenvalue weighted by Crippen LogP contribution is 2.41. The van der Waals surface area contributed by atoms with Gasteiger partial charge in [0.25, 0.3) is 5.91 Å². The second kappa shape index (κ2) is 10.4. The zero-order valence-corrected chi connectivity index (χ0v) is 25.5. The molecule has 3 N–H and O–H groups in total. The van der Waals surface area contributed by atoms with Gasteiger partial charge in [-0.25, -0.2) is 18.6 Å². The number of aromatic carboxylic acids is 1. The number of carbonyl (C=O) groups excluding carboxylic acids is 1. The maximum atomic E-state index is 15.3. The first-order chi connectivity index (χ1) is 22.1. The molecule has 1 amide bonds. The molecule has 2 bridgehead atoms. The van der Waals surface area contributed by atoms with E-state index in [1.165, 1.54) is 6.07 Å². The lowest BCUT2D eigenvalue weighted by molar-refractivity contribution is 0.0682. The Kier molecular flexibility index (Phi) is 6.47. The van der Waals surface area contributed by atoms with Gasteiger partial charge >= 0.3 is 5.97 Å². The summed E-state index contributed by atoms with van der Waals surface area (Å²) >= 11 is 0. The third-order valence-corrected chi connectivity index (χ3v) is 10.2. The van der Waals surface area contributed by atoms with Gasteiger partial charge in [0.05, 0.1) is 18.3 Å². The number of aryl methyl sites for hydroxylation is 1. The van der Waals surface area contributed by atoms with Gasteiger partial charge in [0.2, 0.25) is 0 Å². The SMILES string of the molecule is COc1cc(C(=O)N2CC3CCC2C3N)cc2nc(-c3cc4ccc(-c5ccc(F)c(C(=O)O)c5F)cc4n3CC3CC3)n(C)c12. The lowest BCUT2D eigenvalue weighted by atomic mass is 10.0. The van der Waals surface area contributed by atoms with Crippen molar-refractivity contribution >= 4 is 33.8 Å². The van der Waals surface area contributed by atoms with Crippen molar-refractivity contribution in [1.29, 1.82) is 0 Å². The summed E-state index contributed by atoms with van der Waals surface area (Å²) in [6.45, 7) is 1.39. The second-order valence-corrected chi connectivity index (χ2v) is 12.9. The predicted octanol–water partition coefficient (Wildman–Crippen LogP) is 5.82. The summed E-state index contributed by atoms with van der Waals surface area (Å²) in [5, 5.41) is 10.3. The minimum atomic E-state index is -1.66. The Bertz CT molecular complexity index is 2100. The molecule has 2 aromatic heterocycles. The average molecular weight is 626 g/mol. The maximum absolute atomic E-state index is 15.3. The third-order valence-electron chi connectivity index (χ3n) is 10.2. The van der Waals surface area contributed by atoms with E-state index >= 15 is 4.39 Å². The molecule has 9 nitrogen and oxygen atoms in total. The molecular formula is C35H33F2N5O4. The van der Waals surface area contributed by atoms with Crippen LogP contribution in [0.3, 0.4) is 0 Å². The molecule has 3 unspecified atom stereocenters. The van der Waals surface area contributed by atoms with Gasteiger partial charge in [-0.15, -0.1) is 0 Å². The number of methoxy groups -OCH3 is 1. The van der Waals surface area contributed by atoms with Gasteiger partial charge < -0.3 is 29.6 Å². The van der Waals surface area contributed by atoms with Gasteiger partial charge in [0.1, 0.15) is 28.5 Å². The number of amides is 1. The molecule has 3 aromatic carbocycles. The number of piperidine rings is 1. The monoisotopic (exact) mass is 625 g/mol. The van der Waals surface area contributed by atoms with E-state index in [9.17, 15) is 19.1 Å². The van der Waals surface area contributed by atoms with Crippen LogP contribution in [0.15, 0.2) is 48.5 Å². The van der Waals surface area contributed by atoms with Crippen molar-refractivity contribution in [3.05, 3.63) is 71.3 Å². The zero-order chi connectivity index (χ0) is 32.0. The zero-order valence-electron chi connectivity index (χ0n) is 25.5. The average Bonchev–Trinajstić information content (AvgIpc) is 3.44. The van der Waals surface area contributed by atoms with E-state index in [4.69, 9.17) is 15.5 Å². The highest BCUT2D eigenvalue weighted by Gasteiger charge is 2.47. The van der Waals surface area contributed by atoms with Crippen LogP contribution in [0.2, 0.25) is 0 Å². The standard InChI is InChI=1S/C35H33F2N5O4/c1-40-32-24(11-21(14-28(32)46-2)34(43)42-16-20-7-10-25(42)31(20)38)39-33(40)27-13-19-6-5-18(12-26(19)41(27)15-17-3-4-17)22-8-9-23(36)29(30(22)37)35(44)45/h5-6,8-9,11-14,17,20,25,31H,3-4,7,10,15-16,38H2,1-2H3,(H,44,45). The molecule has 0 radical (unpaired) electrons. The quantitative estimate of drug-likeness (QED) is 0.236. The summed E-state index contributed by atoms with van der Waals surface area (Å²) in [5.41, 5.74) is 9.45. The number of aromatic nitrogens is 3. The van der Waals surface area contributed by atoms with E-state index in [0.29, 0.717) is 46.6 Å². The first kappa shape index (κ1) is 28.7. The number of imidazole rings is 1. The number of carbonyl (C=O) groups is 2. The fourth-order valence-electron chi connectivity index (χ4n) is 7.60. The van der Waals surface area contributed by atoms with E-state index < -0.39 is 23.2 Å². The van der Waals surface area contributed by atoms with Crippen molar-refractivity contribution in [2.75, 3.05) is 13.7 Å². The predicted molar refractivity (Wildman–Crippen MR) is 169 cm³/mol. The Labute approximate surface area is 263 Å². The number of fused-ring (bicyclic) bond motifs is 4. The van der Waals surface area contributed by atoms with Crippen LogP contribution in [0.5, 0.6) is 5.75 Å². The molecule has 2 saturated carbocycles. The number of nitrogens with two attached hydrogens (primary N) is 1. The largest absolute Gasteiger partial charge is 0.494 e. The topological polar surface area (TPSA) is 116 Å². The summed E-state index contributed by atoms with van der Waals surface area (Å²) in [4.78, 5) is 32.2. The Morgan fingerprint density at radius 1 is 1.07 bits per heavy atom. The van der Waals surface area contributed by atoms with Crippen molar-refractivity contribution in [3.63, 3.8) is 0 Å². The van der Waals surface area contributed by atoms with Crippen LogP contribution in [0.1, 0.15) is 46.4 Å². The first-order valence-electron chi connectivity index (χ1n) is 15.6. The van der Waals surface area contributed by atoms with E-state index in [-0.39, 0.29) is 23.6 Å². The van der Waals surface area contributed by atoms with Gasteiger partial charge in [-0.05, 0) is 79.5 Å². The van der Waals surface area contributed by atoms with Crippen LogP contribution in [0.25, 0.3) is 44.6 Å². The minimum Gasteiger partial charge on any atom is -0.494 e. The number of carboxylic acids is 1. The molecule has 0 spiro atoms. The Hall–Kier alpha value is -4.77. The van der Waals surface area contributed by atoms with Crippen molar-refractivity contribution in [3.8, 4) is 28.4 Å². The molecule has 8 rings (SSSR count). The first-order valence-corrected chi connectivity index (χ1v) is 15.6. The van der Waals surface area contributed by atoms with E-state index in [1.807, 2.05) is 40.8 Å². The fraction of sp³-hybridized carbons (Fsp3) is 0.343. The van der Waals surface area contributed by atoms with Crippen LogP contribution >= 0.6 is 0 Å². The number of likely N-dealkylation sites (tertiary alicyclic amines) is 1. The van der Waals surface area contributed by atoms with Crippen molar-refractivity contribution < 1.29 is 28.2 Å². The highest BCUT2D eigenvalue weighted by molar-refractivity contribution is 6.01. The number of benzene rings is 3. The van der Waals surface area contributed by atoms with Crippen LogP contribution in [0.4, 0.5) is 8.78 Å². The van der Waals surface area contributed by atoms with Gasteiger partial charge in [0, 0.05) is 54.3 Å². The molecule has 3 aliphatic rings. The smallest absolute Gasteiger partial charge is 0.341 e. The van der Waals surface area contributed by atoms with Crippen LogP contribution < -0.4 is 10.5 Å². The Morgan fingerprint density at radius 2 is 1.87 bits per heavy atom. The van der Waals surface area contributed by atoms with Gasteiger partial charge in [0.15, 0.2) is 5.82 Å². The highest BCUT2D eigenvalue weighted by atomic mass is 19.1. The number of carboxylic acid groups (broad SMARTS) is 1. The summed E-state index contributed by atoms with van der Waals surface area (Å²) < 4.78 is 39.4. The molecule has 2 aliphatic carbocycles. The number of hydrogen-bond donors (Lipinski definition) is 2. The molecule has 236 valence electrons. The normalized spacial score (nSPS) is 20.7. The molecule has 1 saturated heterocycles. The molecular weight excluding hydrogens is 592 g/mol. The summed E-state index contributed by atoms with van der Waals surface area (Å²) in [5.74, 6) is -1.90. The maximum Gasteiger partial charge on any atom is 0.341 e. The second-order valence-electron chi connectivity index (χ2n) is 12.9. The number of nitrogens with zero attached hydrogens (tertiary/aromatic N) is 4. The molecule has 3 fully saturated rings. The van der Waals surface area contributed by atoms with E-state index in [0.717, 1.165) is 60.4 Å². The lowest BCUT2D eigenvalue weighted by Gasteiger charge is -2.27. The van der Waals surface area contributed by atoms with Crippen LogP contribution in [-0.2, 0) is 13.6 Å². The summed E-state index contributed by atoms with van der Waals surface area (Å²) in [6.07, 6.45) is 4.17. The summed E-state index contributed by atoms with van der Waals surface area (Å²) in [7, 11) is 3.50. The molecule has 11 heteroatoms. The number of rotatable bonds is 7. The van der Waals surface area contributed by atoms with Crippen molar-refractivity contribution in [1.82, 2.24) is 19.0 Å². The molecule has 3 heterocycles.